The van der Waals surface area contributed by atoms with E-state index < -0.39 is 41.9 Å². The predicted octanol–water partition coefficient (Wildman–Crippen LogP) is -1.95. The lowest BCUT2D eigenvalue weighted by Gasteiger charge is -2.31. The standard InChI is InChI=1S/C12H15N3O7/c16-9(17)5-22-8-1-2-21-4-7(8)14-10(18)6-3-13-12(20)15-11(6)19/h3,7-8H,1-2,4-5H2,(H,14,18)(H,16,17)(H2,13,15,19,20)/t7-,8+/m0/s1. The Hall–Kier alpha value is -2.46. The molecule has 1 aliphatic rings. The monoisotopic (exact) mass is 313 g/mol. The number of nitrogens with one attached hydrogen (secondary N) is 3. The Morgan fingerprint density at radius 2 is 2.23 bits per heavy atom. The first-order chi connectivity index (χ1) is 10.5. The SMILES string of the molecule is O=C(O)CO[C@@H]1CCOC[C@@H]1NC(=O)c1c[nH]c(=O)[nH]c1=O. The molecule has 0 radical (unpaired) electrons. The maximum Gasteiger partial charge on any atom is 0.329 e. The van der Waals surface area contributed by atoms with Gasteiger partial charge in [0.15, 0.2) is 0 Å². The molecule has 1 amide bonds. The Labute approximate surface area is 123 Å². The number of carboxylic acid groups (broad SMARTS) is 1. The fraction of sp³-hybridized carbons (Fsp3) is 0.500. The lowest BCUT2D eigenvalue weighted by Crippen LogP contribution is -2.51. The van der Waals surface area contributed by atoms with Crippen LogP contribution in [0, 0.1) is 0 Å². The summed E-state index contributed by atoms with van der Waals surface area (Å²) in [6, 6.07) is -0.591. The third kappa shape index (κ3) is 4.02. The van der Waals surface area contributed by atoms with Crippen molar-refractivity contribution in [1.29, 1.82) is 0 Å². The second-order valence-corrected chi connectivity index (χ2v) is 4.67. The summed E-state index contributed by atoms with van der Waals surface area (Å²) in [6.45, 7) is 0.0312. The minimum absolute atomic E-state index is 0.136. The van der Waals surface area contributed by atoms with Crippen molar-refractivity contribution in [1.82, 2.24) is 15.3 Å². The van der Waals surface area contributed by atoms with Crippen molar-refractivity contribution in [3.63, 3.8) is 0 Å². The molecular formula is C12H15N3O7. The molecule has 1 aromatic rings. The average Bonchev–Trinajstić information content (AvgIpc) is 2.46. The fourth-order valence-electron chi connectivity index (χ4n) is 2.06. The van der Waals surface area contributed by atoms with E-state index in [1.54, 1.807) is 0 Å². The number of amides is 1. The molecule has 2 rings (SSSR count). The van der Waals surface area contributed by atoms with E-state index in [0.29, 0.717) is 13.0 Å². The summed E-state index contributed by atoms with van der Waals surface area (Å²) in [7, 11) is 0. The highest BCUT2D eigenvalue weighted by atomic mass is 16.5. The molecule has 1 aromatic heterocycles. The van der Waals surface area contributed by atoms with Gasteiger partial charge >= 0.3 is 11.7 Å². The van der Waals surface area contributed by atoms with E-state index in [2.05, 4.69) is 10.3 Å². The lowest BCUT2D eigenvalue weighted by atomic mass is 10.1. The number of carboxylic acids is 1. The van der Waals surface area contributed by atoms with Crippen LogP contribution in [0.15, 0.2) is 15.8 Å². The quantitative estimate of drug-likeness (QED) is 0.493. The van der Waals surface area contributed by atoms with Crippen LogP contribution in [0.25, 0.3) is 0 Å². The van der Waals surface area contributed by atoms with Gasteiger partial charge in [-0.1, -0.05) is 0 Å². The maximum atomic E-state index is 12.0. The first-order valence-electron chi connectivity index (χ1n) is 6.51. The number of H-pyrrole nitrogens is 2. The van der Waals surface area contributed by atoms with E-state index in [-0.39, 0.29) is 12.2 Å². The summed E-state index contributed by atoms with van der Waals surface area (Å²) in [6.07, 6.45) is 0.892. The van der Waals surface area contributed by atoms with Gasteiger partial charge in [-0.05, 0) is 6.42 Å². The molecule has 1 saturated heterocycles. The summed E-state index contributed by atoms with van der Waals surface area (Å²) < 4.78 is 10.4. The van der Waals surface area contributed by atoms with Crippen LogP contribution in [-0.2, 0) is 14.3 Å². The smallest absolute Gasteiger partial charge is 0.329 e. The molecule has 0 spiro atoms. The van der Waals surface area contributed by atoms with Crippen molar-refractivity contribution in [3.8, 4) is 0 Å². The number of carbonyl (C=O) groups is 2. The molecule has 0 bridgehead atoms. The second kappa shape index (κ2) is 7.00. The number of aliphatic carboxylic acids is 1. The Kier molecular flexibility index (Phi) is 5.07. The van der Waals surface area contributed by atoms with Crippen LogP contribution in [-0.4, -0.2) is 58.9 Å². The van der Waals surface area contributed by atoms with E-state index in [9.17, 15) is 19.2 Å². The van der Waals surface area contributed by atoms with Gasteiger partial charge in [-0.3, -0.25) is 14.6 Å². The van der Waals surface area contributed by atoms with E-state index in [0.717, 1.165) is 6.20 Å². The summed E-state index contributed by atoms with van der Waals surface area (Å²) >= 11 is 0. The van der Waals surface area contributed by atoms with Gasteiger partial charge in [-0.25, -0.2) is 9.59 Å². The number of rotatable bonds is 5. The second-order valence-electron chi connectivity index (χ2n) is 4.67. The van der Waals surface area contributed by atoms with E-state index in [4.69, 9.17) is 14.6 Å². The first kappa shape index (κ1) is 15.9. The average molecular weight is 313 g/mol. The van der Waals surface area contributed by atoms with Crippen molar-refractivity contribution in [2.24, 2.45) is 0 Å². The Bertz CT molecular complexity index is 665. The lowest BCUT2D eigenvalue weighted by molar-refractivity contribution is -0.147. The molecule has 120 valence electrons. The topological polar surface area (TPSA) is 151 Å². The summed E-state index contributed by atoms with van der Waals surface area (Å²) in [5.74, 6) is -1.83. The largest absolute Gasteiger partial charge is 0.480 e. The van der Waals surface area contributed by atoms with Gasteiger partial charge < -0.3 is 24.9 Å². The Morgan fingerprint density at radius 3 is 2.91 bits per heavy atom. The van der Waals surface area contributed by atoms with Crippen LogP contribution in [0.1, 0.15) is 16.8 Å². The van der Waals surface area contributed by atoms with E-state index >= 15 is 0 Å². The van der Waals surface area contributed by atoms with Gasteiger partial charge in [-0.2, -0.15) is 0 Å². The summed E-state index contributed by atoms with van der Waals surface area (Å²) in [4.78, 5) is 49.2. The zero-order chi connectivity index (χ0) is 16.1. The number of hydrogen-bond donors (Lipinski definition) is 4. The predicted molar refractivity (Wildman–Crippen MR) is 71.7 cm³/mol. The van der Waals surface area contributed by atoms with Gasteiger partial charge in [0.05, 0.1) is 18.8 Å². The third-order valence-corrected chi connectivity index (χ3v) is 3.09. The molecule has 0 saturated carbocycles. The molecule has 2 atom stereocenters. The molecule has 2 heterocycles. The van der Waals surface area contributed by atoms with Gasteiger partial charge in [0.2, 0.25) is 0 Å². The number of aromatic amines is 2. The van der Waals surface area contributed by atoms with E-state index in [1.807, 2.05) is 4.98 Å². The molecule has 22 heavy (non-hydrogen) atoms. The fourth-order valence-corrected chi connectivity index (χ4v) is 2.06. The minimum atomic E-state index is -1.12. The Morgan fingerprint density at radius 1 is 1.45 bits per heavy atom. The normalized spacial score (nSPS) is 21.3. The molecule has 0 aliphatic carbocycles. The van der Waals surface area contributed by atoms with Crippen LogP contribution in [0.2, 0.25) is 0 Å². The highest BCUT2D eigenvalue weighted by molar-refractivity contribution is 5.93. The molecule has 10 nitrogen and oxygen atoms in total. The summed E-state index contributed by atoms with van der Waals surface area (Å²) in [5.41, 5.74) is -1.80. The van der Waals surface area contributed by atoms with Crippen molar-refractivity contribution in [2.75, 3.05) is 19.8 Å². The molecule has 0 unspecified atom stereocenters. The van der Waals surface area contributed by atoms with Crippen LogP contribution < -0.4 is 16.6 Å². The van der Waals surface area contributed by atoms with Gasteiger partial charge in [0, 0.05) is 12.8 Å². The number of ether oxygens (including phenoxy) is 2. The summed E-state index contributed by atoms with van der Waals surface area (Å²) in [5, 5.41) is 11.2. The van der Waals surface area contributed by atoms with Crippen molar-refractivity contribution < 1.29 is 24.2 Å². The number of hydrogen-bond acceptors (Lipinski definition) is 6. The maximum absolute atomic E-state index is 12.0. The molecule has 1 aliphatic heterocycles. The molecule has 10 heteroatoms. The van der Waals surface area contributed by atoms with Crippen molar-refractivity contribution in [3.05, 3.63) is 32.6 Å². The van der Waals surface area contributed by atoms with E-state index in [1.165, 1.54) is 0 Å². The van der Waals surface area contributed by atoms with Gasteiger partial charge in [-0.15, -0.1) is 0 Å². The van der Waals surface area contributed by atoms with Crippen LogP contribution in [0.3, 0.4) is 0 Å². The Balaban J connectivity index is 2.05. The number of carbonyl (C=O) groups excluding carboxylic acids is 1. The van der Waals surface area contributed by atoms with Crippen molar-refractivity contribution in [2.45, 2.75) is 18.6 Å². The highest BCUT2D eigenvalue weighted by Gasteiger charge is 2.29. The number of aromatic nitrogens is 2. The third-order valence-electron chi connectivity index (χ3n) is 3.09. The van der Waals surface area contributed by atoms with Gasteiger partial charge in [0.1, 0.15) is 12.2 Å². The van der Waals surface area contributed by atoms with Gasteiger partial charge in [0.25, 0.3) is 11.5 Å². The zero-order valence-electron chi connectivity index (χ0n) is 11.5. The first-order valence-corrected chi connectivity index (χ1v) is 6.51. The van der Waals surface area contributed by atoms with Crippen LogP contribution >= 0.6 is 0 Å². The minimum Gasteiger partial charge on any atom is -0.480 e. The molecule has 4 N–H and O–H groups in total. The molecule has 1 fully saturated rings. The highest BCUT2D eigenvalue weighted by Crippen LogP contribution is 2.12. The van der Waals surface area contributed by atoms with Crippen molar-refractivity contribution >= 4 is 11.9 Å². The molecule has 0 aromatic carbocycles. The van der Waals surface area contributed by atoms with Crippen LogP contribution in [0.4, 0.5) is 0 Å². The zero-order valence-corrected chi connectivity index (χ0v) is 11.5. The molecular weight excluding hydrogens is 298 g/mol. The van der Waals surface area contributed by atoms with Crippen LogP contribution in [0.5, 0.6) is 0 Å².